The van der Waals surface area contributed by atoms with Crippen LogP contribution in [0.15, 0.2) is 76.5 Å². The maximum absolute atomic E-state index is 12.7. The number of anilines is 2. The minimum Gasteiger partial charge on any atom is -0.469 e. The molecule has 0 spiro atoms. The van der Waals surface area contributed by atoms with Crippen molar-refractivity contribution >= 4 is 35.0 Å². The molecule has 0 fully saturated rings. The van der Waals surface area contributed by atoms with Crippen LogP contribution in [0.4, 0.5) is 11.4 Å². The van der Waals surface area contributed by atoms with Gasteiger partial charge in [-0.15, -0.1) is 10.2 Å². The molecule has 4 aromatic rings. The van der Waals surface area contributed by atoms with Crippen LogP contribution in [0.1, 0.15) is 23.0 Å². The number of hydrogen-bond donors (Lipinski definition) is 2. The summed E-state index contributed by atoms with van der Waals surface area (Å²) >= 11 is 1.29. The van der Waals surface area contributed by atoms with Gasteiger partial charge in [0.2, 0.25) is 5.91 Å². The van der Waals surface area contributed by atoms with Gasteiger partial charge in [0.1, 0.15) is 5.76 Å². The van der Waals surface area contributed by atoms with E-state index in [1.54, 1.807) is 42.7 Å². The van der Waals surface area contributed by atoms with E-state index in [0.717, 1.165) is 11.3 Å². The summed E-state index contributed by atoms with van der Waals surface area (Å²) in [5, 5.41) is 14.8. The molecule has 0 aliphatic rings. The quantitative estimate of drug-likeness (QED) is 0.364. The SMILES string of the molecule is CCn1c(SCC(=O)Nc2ccccc2C(=O)Nc2ccccc2)nnc1-c1ccoc1C. The van der Waals surface area contributed by atoms with Gasteiger partial charge in [-0.2, -0.15) is 0 Å². The van der Waals surface area contributed by atoms with Gasteiger partial charge in [-0.05, 0) is 44.2 Å². The number of amides is 2. The van der Waals surface area contributed by atoms with E-state index in [1.165, 1.54) is 11.8 Å². The first kappa shape index (κ1) is 22.3. The first-order valence-electron chi connectivity index (χ1n) is 10.4. The van der Waals surface area contributed by atoms with E-state index < -0.39 is 0 Å². The zero-order chi connectivity index (χ0) is 23.2. The number of aromatic nitrogens is 3. The predicted molar refractivity (Wildman–Crippen MR) is 128 cm³/mol. The van der Waals surface area contributed by atoms with Crippen molar-refractivity contribution in [1.29, 1.82) is 0 Å². The number of carbonyl (C=O) groups is 2. The number of rotatable bonds is 8. The lowest BCUT2D eigenvalue weighted by Crippen LogP contribution is -2.19. The lowest BCUT2D eigenvalue weighted by Gasteiger charge is -2.11. The van der Waals surface area contributed by atoms with Crippen LogP contribution in [0.25, 0.3) is 11.4 Å². The minimum atomic E-state index is -0.296. The predicted octanol–water partition coefficient (Wildman–Crippen LogP) is 4.85. The van der Waals surface area contributed by atoms with Gasteiger partial charge < -0.3 is 19.6 Å². The number of aryl methyl sites for hydroxylation is 1. The number of nitrogens with one attached hydrogen (secondary N) is 2. The molecule has 2 aromatic carbocycles. The lowest BCUT2D eigenvalue weighted by molar-refractivity contribution is -0.113. The van der Waals surface area contributed by atoms with E-state index in [-0.39, 0.29) is 17.6 Å². The molecular formula is C24H23N5O3S. The Morgan fingerprint density at radius 2 is 1.76 bits per heavy atom. The number of furan rings is 1. The second kappa shape index (κ2) is 10.2. The molecule has 4 rings (SSSR count). The normalized spacial score (nSPS) is 10.7. The fourth-order valence-electron chi connectivity index (χ4n) is 3.32. The standard InChI is InChI=1S/C24H23N5O3S/c1-3-29-22(18-13-14-32-16(18)2)27-28-24(29)33-15-21(30)26-20-12-8-7-11-19(20)23(31)25-17-9-5-4-6-10-17/h4-14H,3,15H2,1-2H3,(H,25,31)(H,26,30). The van der Waals surface area contributed by atoms with E-state index in [4.69, 9.17) is 4.42 Å². The average molecular weight is 462 g/mol. The number of benzene rings is 2. The van der Waals surface area contributed by atoms with E-state index in [1.807, 2.05) is 42.7 Å². The molecule has 2 amide bonds. The number of carbonyl (C=O) groups excluding carboxylic acids is 2. The Labute approximate surface area is 195 Å². The third-order valence-electron chi connectivity index (χ3n) is 4.94. The molecule has 33 heavy (non-hydrogen) atoms. The third kappa shape index (κ3) is 5.15. The molecule has 0 saturated heterocycles. The van der Waals surface area contributed by atoms with E-state index >= 15 is 0 Å². The van der Waals surface area contributed by atoms with Crippen molar-refractivity contribution in [3.8, 4) is 11.4 Å². The van der Waals surface area contributed by atoms with Crippen LogP contribution >= 0.6 is 11.8 Å². The summed E-state index contributed by atoms with van der Waals surface area (Å²) in [7, 11) is 0. The molecule has 2 aromatic heterocycles. The summed E-state index contributed by atoms with van der Waals surface area (Å²) in [6.07, 6.45) is 1.62. The van der Waals surface area contributed by atoms with Gasteiger partial charge in [-0.1, -0.05) is 42.1 Å². The molecule has 0 bridgehead atoms. The molecule has 2 heterocycles. The van der Waals surface area contributed by atoms with Gasteiger partial charge in [-0.25, -0.2) is 0 Å². The zero-order valence-electron chi connectivity index (χ0n) is 18.2. The monoisotopic (exact) mass is 461 g/mol. The second-order valence-corrected chi connectivity index (χ2v) is 8.09. The van der Waals surface area contributed by atoms with Gasteiger partial charge in [0.25, 0.3) is 5.91 Å². The first-order valence-corrected chi connectivity index (χ1v) is 11.4. The molecule has 9 heteroatoms. The number of nitrogens with zero attached hydrogens (tertiary/aromatic N) is 3. The van der Waals surface area contributed by atoms with Crippen molar-refractivity contribution < 1.29 is 14.0 Å². The molecule has 2 N–H and O–H groups in total. The summed E-state index contributed by atoms with van der Waals surface area (Å²) in [6.45, 7) is 4.52. The van der Waals surface area contributed by atoms with Gasteiger partial charge >= 0.3 is 0 Å². The summed E-state index contributed by atoms with van der Waals surface area (Å²) in [5.41, 5.74) is 2.39. The molecule has 0 radical (unpaired) electrons. The van der Waals surface area contributed by atoms with E-state index in [0.29, 0.717) is 34.5 Å². The highest BCUT2D eigenvalue weighted by atomic mass is 32.2. The minimum absolute atomic E-state index is 0.122. The van der Waals surface area contributed by atoms with Crippen molar-refractivity contribution in [2.45, 2.75) is 25.5 Å². The van der Waals surface area contributed by atoms with Crippen molar-refractivity contribution in [3.05, 3.63) is 78.3 Å². The van der Waals surface area contributed by atoms with Gasteiger partial charge in [0.15, 0.2) is 11.0 Å². The van der Waals surface area contributed by atoms with Crippen molar-refractivity contribution in [3.63, 3.8) is 0 Å². The molecule has 0 atom stereocenters. The summed E-state index contributed by atoms with van der Waals surface area (Å²) in [6, 6.07) is 17.9. The van der Waals surface area contributed by atoms with Crippen molar-refractivity contribution in [2.75, 3.05) is 16.4 Å². The van der Waals surface area contributed by atoms with Crippen LogP contribution in [-0.2, 0) is 11.3 Å². The third-order valence-corrected chi connectivity index (χ3v) is 5.91. The van der Waals surface area contributed by atoms with Crippen LogP contribution in [0.3, 0.4) is 0 Å². The van der Waals surface area contributed by atoms with Crippen LogP contribution < -0.4 is 10.6 Å². The molecule has 0 aliphatic carbocycles. The summed E-state index contributed by atoms with van der Waals surface area (Å²) in [5.74, 6) is 1.05. The maximum atomic E-state index is 12.7. The second-order valence-electron chi connectivity index (χ2n) is 7.14. The Morgan fingerprint density at radius 1 is 1.00 bits per heavy atom. The van der Waals surface area contributed by atoms with Gasteiger partial charge in [-0.3, -0.25) is 9.59 Å². The Hall–Kier alpha value is -3.85. The first-order chi connectivity index (χ1) is 16.1. The highest BCUT2D eigenvalue weighted by Gasteiger charge is 2.18. The van der Waals surface area contributed by atoms with Crippen LogP contribution in [0.5, 0.6) is 0 Å². The largest absolute Gasteiger partial charge is 0.469 e. The number of thioether (sulfide) groups is 1. The maximum Gasteiger partial charge on any atom is 0.257 e. The highest BCUT2D eigenvalue weighted by molar-refractivity contribution is 7.99. The molecule has 8 nitrogen and oxygen atoms in total. The molecular weight excluding hydrogens is 438 g/mol. The van der Waals surface area contributed by atoms with Gasteiger partial charge in [0, 0.05) is 12.2 Å². The van der Waals surface area contributed by atoms with Crippen molar-refractivity contribution in [2.24, 2.45) is 0 Å². The van der Waals surface area contributed by atoms with Gasteiger partial charge in [0.05, 0.1) is 28.8 Å². The molecule has 168 valence electrons. The van der Waals surface area contributed by atoms with Crippen molar-refractivity contribution in [1.82, 2.24) is 14.8 Å². The highest BCUT2D eigenvalue weighted by Crippen LogP contribution is 2.27. The van der Waals surface area contributed by atoms with E-state index in [9.17, 15) is 9.59 Å². The lowest BCUT2D eigenvalue weighted by atomic mass is 10.1. The number of para-hydroxylation sites is 2. The molecule has 0 unspecified atom stereocenters. The Bertz CT molecular complexity index is 1270. The smallest absolute Gasteiger partial charge is 0.257 e. The Balaban J connectivity index is 1.43. The Morgan fingerprint density at radius 3 is 2.48 bits per heavy atom. The zero-order valence-corrected chi connectivity index (χ0v) is 19.1. The number of hydrogen-bond acceptors (Lipinski definition) is 6. The van der Waals surface area contributed by atoms with Crippen LogP contribution in [0, 0.1) is 6.92 Å². The molecule has 0 aliphatic heterocycles. The fourth-order valence-corrected chi connectivity index (χ4v) is 4.13. The molecule has 0 saturated carbocycles. The summed E-state index contributed by atoms with van der Waals surface area (Å²) in [4.78, 5) is 25.4. The van der Waals surface area contributed by atoms with Crippen LogP contribution in [-0.4, -0.2) is 32.3 Å². The fraction of sp³-hybridized carbons (Fsp3) is 0.167. The summed E-state index contributed by atoms with van der Waals surface area (Å²) < 4.78 is 7.32. The van der Waals surface area contributed by atoms with E-state index in [2.05, 4.69) is 20.8 Å². The Kier molecular flexibility index (Phi) is 6.89. The van der Waals surface area contributed by atoms with Crippen LogP contribution in [0.2, 0.25) is 0 Å². The average Bonchev–Trinajstić information content (AvgIpc) is 3.43. The topological polar surface area (TPSA) is 102 Å².